The minimum atomic E-state index is -0.722. The van der Waals surface area contributed by atoms with Gasteiger partial charge in [-0.3, -0.25) is 9.59 Å². The summed E-state index contributed by atoms with van der Waals surface area (Å²) in [6.07, 6.45) is 4.15. The van der Waals surface area contributed by atoms with E-state index < -0.39 is 24.0 Å². The lowest BCUT2D eigenvalue weighted by molar-refractivity contribution is -0.148. The average molecular weight is 372 g/mol. The maximum Gasteiger partial charge on any atom is 0.311 e. The Labute approximate surface area is 157 Å². The number of methoxy groups -OCH3 is 1. The van der Waals surface area contributed by atoms with E-state index in [0.29, 0.717) is 31.0 Å². The van der Waals surface area contributed by atoms with Gasteiger partial charge in [0.25, 0.3) is 0 Å². The van der Waals surface area contributed by atoms with E-state index in [-0.39, 0.29) is 6.54 Å². The van der Waals surface area contributed by atoms with Gasteiger partial charge in [0.2, 0.25) is 0 Å². The first-order valence-corrected chi connectivity index (χ1v) is 8.88. The SMILES string of the molecule is COc1cccc([C@H](NC(=O)C(=O)N2CCC[C@H](O)C2)c2nccn2C)c1. The third kappa shape index (κ3) is 4.28. The van der Waals surface area contributed by atoms with E-state index in [1.54, 1.807) is 36.2 Å². The van der Waals surface area contributed by atoms with Crippen LogP contribution in [0.25, 0.3) is 0 Å². The number of β-amino-alcohol motifs (C(OH)–C–C–N with tert-alkyl or cyclic N) is 1. The summed E-state index contributed by atoms with van der Waals surface area (Å²) in [4.78, 5) is 30.9. The fourth-order valence-electron chi connectivity index (χ4n) is 3.25. The van der Waals surface area contributed by atoms with Gasteiger partial charge in [-0.25, -0.2) is 4.98 Å². The molecule has 2 atom stereocenters. The first kappa shape index (κ1) is 18.9. The van der Waals surface area contributed by atoms with Crippen molar-refractivity contribution in [1.82, 2.24) is 19.8 Å². The molecule has 1 fully saturated rings. The molecule has 1 saturated heterocycles. The van der Waals surface area contributed by atoms with Gasteiger partial charge in [0.15, 0.2) is 0 Å². The highest BCUT2D eigenvalue weighted by Gasteiger charge is 2.30. The van der Waals surface area contributed by atoms with Crippen LogP contribution in [0.3, 0.4) is 0 Å². The molecule has 1 aromatic heterocycles. The first-order chi connectivity index (χ1) is 13.0. The number of benzene rings is 1. The van der Waals surface area contributed by atoms with Crippen LogP contribution in [0.2, 0.25) is 0 Å². The van der Waals surface area contributed by atoms with Crippen LogP contribution in [0.15, 0.2) is 36.7 Å². The molecule has 8 nitrogen and oxygen atoms in total. The maximum atomic E-state index is 12.6. The second-order valence-corrected chi connectivity index (χ2v) is 6.63. The quantitative estimate of drug-likeness (QED) is 0.767. The summed E-state index contributed by atoms with van der Waals surface area (Å²) in [5, 5.41) is 12.6. The molecule has 1 aliphatic heterocycles. The number of aryl methyl sites for hydroxylation is 1. The average Bonchev–Trinajstić information content (AvgIpc) is 3.11. The number of piperidine rings is 1. The maximum absolute atomic E-state index is 12.6. The number of amides is 2. The molecule has 2 amide bonds. The molecule has 27 heavy (non-hydrogen) atoms. The van der Waals surface area contributed by atoms with Gasteiger partial charge in [-0.05, 0) is 30.5 Å². The highest BCUT2D eigenvalue weighted by atomic mass is 16.5. The molecule has 2 aromatic rings. The van der Waals surface area contributed by atoms with Crippen LogP contribution < -0.4 is 10.1 Å². The van der Waals surface area contributed by atoms with Gasteiger partial charge in [-0.15, -0.1) is 0 Å². The number of nitrogens with zero attached hydrogens (tertiary/aromatic N) is 3. The van der Waals surface area contributed by atoms with Crippen molar-refractivity contribution in [3.05, 3.63) is 48.0 Å². The Morgan fingerprint density at radius 2 is 2.22 bits per heavy atom. The predicted octanol–water partition coefficient (Wildman–Crippen LogP) is 0.618. The summed E-state index contributed by atoms with van der Waals surface area (Å²) in [7, 11) is 3.39. The third-order valence-electron chi connectivity index (χ3n) is 4.70. The van der Waals surface area contributed by atoms with Gasteiger partial charge in [0.1, 0.15) is 17.6 Å². The highest BCUT2D eigenvalue weighted by molar-refractivity contribution is 6.35. The molecule has 8 heteroatoms. The Morgan fingerprint density at radius 1 is 1.41 bits per heavy atom. The molecule has 0 radical (unpaired) electrons. The Kier molecular flexibility index (Phi) is 5.75. The van der Waals surface area contributed by atoms with Crippen LogP contribution in [-0.4, -0.2) is 57.7 Å². The summed E-state index contributed by atoms with van der Waals surface area (Å²) in [6, 6.07) is 6.66. The summed E-state index contributed by atoms with van der Waals surface area (Å²) in [5.41, 5.74) is 0.753. The number of carbonyl (C=O) groups excluding carboxylic acids is 2. The van der Waals surface area contributed by atoms with Crippen molar-refractivity contribution in [3.63, 3.8) is 0 Å². The van der Waals surface area contributed by atoms with Crippen molar-refractivity contribution in [2.75, 3.05) is 20.2 Å². The third-order valence-corrected chi connectivity index (χ3v) is 4.70. The fourth-order valence-corrected chi connectivity index (χ4v) is 3.25. The minimum absolute atomic E-state index is 0.179. The summed E-state index contributed by atoms with van der Waals surface area (Å²) in [6.45, 7) is 0.647. The number of aliphatic hydroxyl groups excluding tert-OH is 1. The van der Waals surface area contributed by atoms with E-state index in [0.717, 1.165) is 5.56 Å². The van der Waals surface area contributed by atoms with Crippen molar-refractivity contribution in [2.45, 2.75) is 25.0 Å². The molecule has 3 rings (SSSR count). The zero-order chi connectivity index (χ0) is 19.4. The molecule has 144 valence electrons. The summed E-state index contributed by atoms with van der Waals surface area (Å²) < 4.78 is 7.06. The van der Waals surface area contributed by atoms with Crippen molar-refractivity contribution in [2.24, 2.45) is 7.05 Å². The summed E-state index contributed by atoms with van der Waals surface area (Å²) in [5.74, 6) is -0.120. The minimum Gasteiger partial charge on any atom is -0.497 e. The van der Waals surface area contributed by atoms with Gasteiger partial charge in [0.05, 0.1) is 13.2 Å². The van der Waals surface area contributed by atoms with Crippen LogP contribution in [-0.2, 0) is 16.6 Å². The van der Waals surface area contributed by atoms with E-state index >= 15 is 0 Å². The van der Waals surface area contributed by atoms with Gasteiger partial charge >= 0.3 is 11.8 Å². The number of ether oxygens (including phenoxy) is 1. The van der Waals surface area contributed by atoms with Crippen LogP contribution in [0, 0.1) is 0 Å². The molecule has 0 spiro atoms. The molecule has 1 aromatic carbocycles. The molecule has 0 saturated carbocycles. The van der Waals surface area contributed by atoms with E-state index in [1.807, 2.05) is 19.2 Å². The van der Waals surface area contributed by atoms with Crippen LogP contribution in [0.4, 0.5) is 0 Å². The van der Waals surface area contributed by atoms with Crippen LogP contribution in [0.1, 0.15) is 30.3 Å². The molecule has 0 aliphatic carbocycles. The zero-order valence-electron chi connectivity index (χ0n) is 15.5. The monoisotopic (exact) mass is 372 g/mol. The van der Waals surface area contributed by atoms with E-state index in [2.05, 4.69) is 10.3 Å². The van der Waals surface area contributed by atoms with Gasteiger partial charge < -0.3 is 24.6 Å². The molecule has 1 aliphatic rings. The molecule has 0 unspecified atom stereocenters. The molecule has 0 bridgehead atoms. The fraction of sp³-hybridized carbons (Fsp3) is 0.421. The number of aliphatic hydroxyl groups is 1. The normalized spacial score (nSPS) is 18.0. The van der Waals surface area contributed by atoms with Crippen LogP contribution >= 0.6 is 0 Å². The topological polar surface area (TPSA) is 96.7 Å². The molecular weight excluding hydrogens is 348 g/mol. The number of nitrogens with one attached hydrogen (secondary N) is 1. The van der Waals surface area contributed by atoms with Crippen molar-refractivity contribution >= 4 is 11.8 Å². The van der Waals surface area contributed by atoms with Crippen molar-refractivity contribution in [1.29, 1.82) is 0 Å². The number of aromatic nitrogens is 2. The number of likely N-dealkylation sites (tertiary alicyclic amines) is 1. The molecular formula is C19H24N4O4. The Hall–Kier alpha value is -2.87. The zero-order valence-corrected chi connectivity index (χ0v) is 15.5. The lowest BCUT2D eigenvalue weighted by Crippen LogP contribution is -2.49. The second-order valence-electron chi connectivity index (χ2n) is 6.63. The van der Waals surface area contributed by atoms with Gasteiger partial charge in [-0.1, -0.05) is 12.1 Å². The largest absolute Gasteiger partial charge is 0.497 e. The van der Waals surface area contributed by atoms with Gasteiger partial charge in [-0.2, -0.15) is 0 Å². The number of carbonyl (C=O) groups is 2. The molecule has 2 heterocycles. The predicted molar refractivity (Wildman–Crippen MR) is 98.0 cm³/mol. The number of hydrogen-bond acceptors (Lipinski definition) is 5. The Morgan fingerprint density at radius 3 is 2.89 bits per heavy atom. The number of imidazole rings is 1. The van der Waals surface area contributed by atoms with Crippen molar-refractivity contribution in [3.8, 4) is 5.75 Å². The van der Waals surface area contributed by atoms with E-state index in [1.165, 1.54) is 4.90 Å². The van der Waals surface area contributed by atoms with Crippen LogP contribution in [0.5, 0.6) is 5.75 Å². The number of hydrogen-bond donors (Lipinski definition) is 2. The first-order valence-electron chi connectivity index (χ1n) is 8.88. The Bertz CT molecular complexity index is 820. The highest BCUT2D eigenvalue weighted by Crippen LogP contribution is 2.24. The molecule has 2 N–H and O–H groups in total. The second kappa shape index (κ2) is 8.22. The standard InChI is InChI=1S/C19H24N4O4/c1-22-10-8-20-17(22)16(13-5-3-7-15(11-13)27-2)21-18(25)19(26)23-9-4-6-14(24)12-23/h3,5,7-8,10-11,14,16,24H,4,6,9,12H2,1-2H3,(H,21,25)/t14-,16-/m0/s1. The van der Waals surface area contributed by atoms with Crippen molar-refractivity contribution < 1.29 is 19.4 Å². The number of rotatable bonds is 4. The van der Waals surface area contributed by atoms with Gasteiger partial charge in [0, 0.05) is 32.5 Å². The summed E-state index contributed by atoms with van der Waals surface area (Å²) >= 11 is 0. The lowest BCUT2D eigenvalue weighted by atomic mass is 10.1. The Balaban J connectivity index is 1.84. The van der Waals surface area contributed by atoms with E-state index in [9.17, 15) is 14.7 Å². The lowest BCUT2D eigenvalue weighted by Gasteiger charge is -2.30. The smallest absolute Gasteiger partial charge is 0.311 e. The van der Waals surface area contributed by atoms with E-state index in [4.69, 9.17) is 4.74 Å².